The number of halogens is 1. The molecule has 1 amide bonds. The van der Waals surface area contributed by atoms with Gasteiger partial charge in [-0.1, -0.05) is 25.0 Å². The first kappa shape index (κ1) is 15.0. The summed E-state index contributed by atoms with van der Waals surface area (Å²) in [5.41, 5.74) is 0.574. The minimum absolute atomic E-state index is 0.0985. The molecule has 1 aromatic rings. The summed E-state index contributed by atoms with van der Waals surface area (Å²) < 4.78 is 13.9. The summed E-state index contributed by atoms with van der Waals surface area (Å²) in [4.78, 5) is 12.0. The predicted octanol–water partition coefficient (Wildman–Crippen LogP) is 2.66. The summed E-state index contributed by atoms with van der Waals surface area (Å²) in [6.07, 6.45) is 4.30. The molecule has 0 aromatic heterocycles. The number of aliphatic hydroxyl groups excluding tert-OH is 1. The van der Waals surface area contributed by atoms with Gasteiger partial charge in [0, 0.05) is 13.2 Å². The first-order valence-corrected chi connectivity index (χ1v) is 7.27. The lowest BCUT2D eigenvalue weighted by Gasteiger charge is -2.30. The largest absolute Gasteiger partial charge is 0.396 e. The molecule has 3 nitrogen and oxygen atoms in total. The number of benzene rings is 1. The van der Waals surface area contributed by atoms with Gasteiger partial charge >= 0.3 is 0 Å². The van der Waals surface area contributed by atoms with Crippen LogP contribution in [0, 0.1) is 24.6 Å². The third-order valence-corrected chi connectivity index (χ3v) is 4.26. The number of carbonyl (C=O) groups excluding carboxylic acids is 1. The van der Waals surface area contributed by atoms with E-state index in [0.717, 1.165) is 25.7 Å². The fourth-order valence-corrected chi connectivity index (χ4v) is 2.94. The van der Waals surface area contributed by atoms with Crippen LogP contribution < -0.4 is 5.32 Å². The second kappa shape index (κ2) is 6.84. The van der Waals surface area contributed by atoms with Gasteiger partial charge in [0.25, 0.3) is 5.91 Å². The van der Waals surface area contributed by atoms with Crippen molar-refractivity contribution < 1.29 is 14.3 Å². The lowest BCUT2D eigenvalue weighted by molar-refractivity contribution is 0.0905. The Kier molecular flexibility index (Phi) is 5.12. The van der Waals surface area contributed by atoms with E-state index in [-0.39, 0.29) is 24.0 Å². The summed E-state index contributed by atoms with van der Waals surface area (Å²) in [6, 6.07) is 4.83. The van der Waals surface area contributed by atoms with Crippen molar-refractivity contribution in [1.82, 2.24) is 5.32 Å². The average Bonchev–Trinajstić information content (AvgIpc) is 2.48. The van der Waals surface area contributed by atoms with E-state index in [9.17, 15) is 14.3 Å². The zero-order valence-corrected chi connectivity index (χ0v) is 11.9. The number of nitrogens with one attached hydrogen (secondary N) is 1. The lowest BCUT2D eigenvalue weighted by Crippen LogP contribution is -2.35. The van der Waals surface area contributed by atoms with Gasteiger partial charge in [-0.15, -0.1) is 0 Å². The number of aryl methyl sites for hydroxylation is 1. The molecule has 20 heavy (non-hydrogen) atoms. The van der Waals surface area contributed by atoms with Crippen molar-refractivity contribution in [2.75, 3.05) is 13.2 Å². The van der Waals surface area contributed by atoms with Crippen LogP contribution in [0.2, 0.25) is 0 Å². The Morgan fingerprint density at radius 3 is 2.75 bits per heavy atom. The van der Waals surface area contributed by atoms with Crippen LogP contribution in [0.15, 0.2) is 18.2 Å². The second-order valence-corrected chi connectivity index (χ2v) is 5.63. The molecule has 1 fully saturated rings. The Morgan fingerprint density at radius 1 is 1.35 bits per heavy atom. The lowest BCUT2D eigenvalue weighted by atomic mass is 9.79. The van der Waals surface area contributed by atoms with E-state index in [2.05, 4.69) is 5.32 Å². The van der Waals surface area contributed by atoms with Crippen LogP contribution in [-0.2, 0) is 0 Å². The topological polar surface area (TPSA) is 49.3 Å². The van der Waals surface area contributed by atoms with Crippen LogP contribution in [-0.4, -0.2) is 24.2 Å². The van der Waals surface area contributed by atoms with Crippen molar-refractivity contribution in [3.63, 3.8) is 0 Å². The minimum Gasteiger partial charge on any atom is -0.396 e. The quantitative estimate of drug-likeness (QED) is 0.890. The summed E-state index contributed by atoms with van der Waals surface area (Å²) in [6.45, 7) is 2.33. The van der Waals surface area contributed by atoms with Crippen molar-refractivity contribution in [3.8, 4) is 0 Å². The van der Waals surface area contributed by atoms with Gasteiger partial charge in [-0.2, -0.15) is 0 Å². The molecular weight excluding hydrogens is 257 g/mol. The van der Waals surface area contributed by atoms with Crippen molar-refractivity contribution >= 4 is 5.91 Å². The monoisotopic (exact) mass is 279 g/mol. The SMILES string of the molecule is Cc1cccc(C(=O)NCC2CCCCC2CO)c1F. The molecule has 0 heterocycles. The van der Waals surface area contributed by atoms with E-state index in [1.807, 2.05) is 0 Å². The van der Waals surface area contributed by atoms with E-state index in [4.69, 9.17) is 0 Å². The fourth-order valence-electron chi connectivity index (χ4n) is 2.94. The maximum atomic E-state index is 13.9. The van der Waals surface area contributed by atoms with Gasteiger partial charge in [0.1, 0.15) is 5.82 Å². The first-order valence-electron chi connectivity index (χ1n) is 7.27. The van der Waals surface area contributed by atoms with Crippen LogP contribution in [0.25, 0.3) is 0 Å². The Morgan fingerprint density at radius 2 is 2.05 bits per heavy atom. The van der Waals surface area contributed by atoms with E-state index in [0.29, 0.717) is 18.0 Å². The highest BCUT2D eigenvalue weighted by Crippen LogP contribution is 2.29. The molecular formula is C16H22FNO2. The maximum Gasteiger partial charge on any atom is 0.254 e. The highest BCUT2D eigenvalue weighted by atomic mass is 19.1. The molecule has 0 radical (unpaired) electrons. The van der Waals surface area contributed by atoms with Crippen molar-refractivity contribution in [1.29, 1.82) is 0 Å². The first-order chi connectivity index (χ1) is 9.63. The molecule has 2 rings (SSSR count). The van der Waals surface area contributed by atoms with E-state index in [1.165, 1.54) is 6.07 Å². The van der Waals surface area contributed by atoms with Gasteiger partial charge in [-0.05, 0) is 43.2 Å². The Balaban J connectivity index is 1.96. The van der Waals surface area contributed by atoms with Gasteiger partial charge < -0.3 is 10.4 Å². The molecule has 1 aromatic carbocycles. The molecule has 2 unspecified atom stereocenters. The van der Waals surface area contributed by atoms with Crippen LogP contribution in [0.3, 0.4) is 0 Å². The van der Waals surface area contributed by atoms with Gasteiger partial charge in [0.15, 0.2) is 0 Å². The van der Waals surface area contributed by atoms with Crippen LogP contribution in [0.4, 0.5) is 4.39 Å². The molecule has 0 aliphatic heterocycles. The number of hydrogen-bond acceptors (Lipinski definition) is 2. The molecule has 0 saturated heterocycles. The van der Waals surface area contributed by atoms with Crippen LogP contribution >= 0.6 is 0 Å². The molecule has 2 atom stereocenters. The number of amides is 1. The fraction of sp³-hybridized carbons (Fsp3) is 0.562. The molecule has 110 valence electrons. The summed E-state index contributed by atoms with van der Waals surface area (Å²) in [5.74, 6) is -0.266. The van der Waals surface area contributed by atoms with Crippen molar-refractivity contribution in [2.24, 2.45) is 11.8 Å². The van der Waals surface area contributed by atoms with Crippen molar-refractivity contribution in [2.45, 2.75) is 32.6 Å². The Labute approximate surface area is 119 Å². The number of rotatable bonds is 4. The number of carbonyl (C=O) groups is 1. The van der Waals surface area contributed by atoms with Gasteiger partial charge in [0.05, 0.1) is 5.56 Å². The van der Waals surface area contributed by atoms with E-state index >= 15 is 0 Å². The van der Waals surface area contributed by atoms with Crippen LogP contribution in [0.5, 0.6) is 0 Å². The van der Waals surface area contributed by atoms with Gasteiger partial charge in [-0.25, -0.2) is 4.39 Å². The number of hydrogen-bond donors (Lipinski definition) is 2. The zero-order valence-electron chi connectivity index (χ0n) is 11.9. The van der Waals surface area contributed by atoms with Crippen molar-refractivity contribution in [3.05, 3.63) is 35.1 Å². The normalized spacial score (nSPS) is 22.6. The molecule has 0 spiro atoms. The molecule has 0 bridgehead atoms. The minimum atomic E-state index is -0.452. The highest BCUT2D eigenvalue weighted by molar-refractivity contribution is 5.94. The number of aliphatic hydroxyl groups is 1. The zero-order chi connectivity index (χ0) is 14.5. The molecule has 1 aliphatic rings. The second-order valence-electron chi connectivity index (χ2n) is 5.63. The van der Waals surface area contributed by atoms with Crippen LogP contribution in [0.1, 0.15) is 41.6 Å². The van der Waals surface area contributed by atoms with E-state index in [1.54, 1.807) is 19.1 Å². The summed E-state index contributed by atoms with van der Waals surface area (Å²) in [7, 11) is 0. The molecule has 4 heteroatoms. The molecule has 2 N–H and O–H groups in total. The highest BCUT2D eigenvalue weighted by Gasteiger charge is 2.25. The molecule has 1 aliphatic carbocycles. The summed E-state index contributed by atoms with van der Waals surface area (Å²) >= 11 is 0. The average molecular weight is 279 g/mol. The van der Waals surface area contributed by atoms with Gasteiger partial charge in [0.2, 0.25) is 0 Å². The molecule has 1 saturated carbocycles. The van der Waals surface area contributed by atoms with Gasteiger partial charge in [-0.3, -0.25) is 4.79 Å². The summed E-state index contributed by atoms with van der Waals surface area (Å²) in [5, 5.41) is 12.2. The third kappa shape index (κ3) is 3.37. The standard InChI is InChI=1S/C16H22FNO2/c1-11-5-4-8-14(15(11)17)16(20)18-9-12-6-2-3-7-13(12)10-19/h4-5,8,12-13,19H,2-3,6-7,9-10H2,1H3,(H,18,20). The third-order valence-electron chi connectivity index (χ3n) is 4.26. The Bertz CT molecular complexity index is 476. The maximum absolute atomic E-state index is 13.9. The smallest absolute Gasteiger partial charge is 0.254 e. The predicted molar refractivity (Wildman–Crippen MR) is 76.0 cm³/mol. The van der Waals surface area contributed by atoms with E-state index < -0.39 is 5.82 Å². The Hall–Kier alpha value is -1.42.